The number of rotatable bonds is 7. The van der Waals surface area contributed by atoms with Gasteiger partial charge in [0.25, 0.3) is 5.56 Å². The Kier molecular flexibility index (Phi) is 5.58. The summed E-state index contributed by atoms with van der Waals surface area (Å²) in [4.78, 5) is 12.4. The van der Waals surface area contributed by atoms with Gasteiger partial charge in [-0.25, -0.2) is 4.68 Å². The van der Waals surface area contributed by atoms with E-state index in [2.05, 4.69) is 10.4 Å². The number of aliphatic hydroxyl groups is 1. The van der Waals surface area contributed by atoms with E-state index in [1.54, 1.807) is 6.20 Å². The summed E-state index contributed by atoms with van der Waals surface area (Å²) in [5, 5.41) is 19.4. The molecular formula is C20H23N3O2. The van der Waals surface area contributed by atoms with Gasteiger partial charge in [0.05, 0.1) is 17.7 Å². The van der Waals surface area contributed by atoms with Gasteiger partial charge in [-0.3, -0.25) is 4.79 Å². The number of fused-ring (bicyclic) bond motifs is 1. The van der Waals surface area contributed by atoms with Gasteiger partial charge < -0.3 is 10.4 Å². The van der Waals surface area contributed by atoms with E-state index in [1.807, 2.05) is 61.5 Å². The standard InChI is InChI=1S/C20H23N3O2/c1-15(19(24)16-8-3-2-4-9-16)21-12-7-13-23-20(25)18-11-6-5-10-17(18)14-22-23/h2-6,8-11,14-15,19,21,24H,7,12-13H2,1H3. The molecule has 0 amide bonds. The zero-order chi connectivity index (χ0) is 17.6. The first-order chi connectivity index (χ1) is 12.2. The Bertz CT molecular complexity index is 877. The molecule has 0 aliphatic rings. The van der Waals surface area contributed by atoms with Crippen LogP contribution in [0.15, 0.2) is 65.6 Å². The van der Waals surface area contributed by atoms with Crippen LogP contribution in [0, 0.1) is 0 Å². The molecule has 0 saturated heterocycles. The van der Waals surface area contributed by atoms with Crippen molar-refractivity contribution < 1.29 is 5.11 Å². The number of hydrogen-bond donors (Lipinski definition) is 2. The van der Waals surface area contributed by atoms with Crippen molar-refractivity contribution in [1.82, 2.24) is 15.1 Å². The molecule has 3 rings (SSSR count). The Morgan fingerprint density at radius 1 is 1.12 bits per heavy atom. The quantitative estimate of drug-likeness (QED) is 0.650. The molecule has 2 atom stereocenters. The lowest BCUT2D eigenvalue weighted by Crippen LogP contribution is -2.34. The van der Waals surface area contributed by atoms with Crippen LogP contribution in [-0.2, 0) is 6.54 Å². The second-order valence-corrected chi connectivity index (χ2v) is 6.21. The maximum atomic E-state index is 12.4. The minimum Gasteiger partial charge on any atom is -0.387 e. The molecule has 0 aliphatic carbocycles. The largest absolute Gasteiger partial charge is 0.387 e. The van der Waals surface area contributed by atoms with E-state index in [1.165, 1.54) is 4.68 Å². The summed E-state index contributed by atoms with van der Waals surface area (Å²) in [6, 6.07) is 17.0. The number of aromatic nitrogens is 2. The fourth-order valence-corrected chi connectivity index (χ4v) is 2.90. The topological polar surface area (TPSA) is 67.2 Å². The van der Waals surface area contributed by atoms with Crippen molar-refractivity contribution in [2.45, 2.75) is 32.0 Å². The maximum Gasteiger partial charge on any atom is 0.274 e. The SMILES string of the molecule is CC(NCCCn1ncc2ccccc2c1=O)C(O)c1ccccc1. The molecule has 130 valence electrons. The molecule has 0 aliphatic heterocycles. The molecule has 3 aromatic rings. The lowest BCUT2D eigenvalue weighted by atomic mass is 10.0. The zero-order valence-electron chi connectivity index (χ0n) is 14.3. The van der Waals surface area contributed by atoms with Gasteiger partial charge in [0, 0.05) is 18.0 Å². The first-order valence-corrected chi connectivity index (χ1v) is 8.58. The van der Waals surface area contributed by atoms with E-state index >= 15 is 0 Å². The van der Waals surface area contributed by atoms with Gasteiger partial charge in [-0.05, 0) is 31.5 Å². The number of benzene rings is 2. The maximum absolute atomic E-state index is 12.4. The van der Waals surface area contributed by atoms with Crippen molar-refractivity contribution in [2.75, 3.05) is 6.54 Å². The summed E-state index contributed by atoms with van der Waals surface area (Å²) in [5.41, 5.74) is 0.838. The molecule has 0 saturated carbocycles. The highest BCUT2D eigenvalue weighted by molar-refractivity contribution is 5.80. The predicted octanol–water partition coefficient (Wildman–Crippen LogP) is 2.50. The molecule has 0 fully saturated rings. The van der Waals surface area contributed by atoms with E-state index in [4.69, 9.17) is 0 Å². The Balaban J connectivity index is 1.53. The van der Waals surface area contributed by atoms with Gasteiger partial charge in [-0.2, -0.15) is 5.10 Å². The van der Waals surface area contributed by atoms with Crippen molar-refractivity contribution in [3.05, 3.63) is 76.7 Å². The summed E-state index contributed by atoms with van der Waals surface area (Å²) >= 11 is 0. The fourth-order valence-electron chi connectivity index (χ4n) is 2.90. The molecule has 2 aromatic carbocycles. The molecule has 25 heavy (non-hydrogen) atoms. The molecule has 0 radical (unpaired) electrons. The Morgan fingerprint density at radius 2 is 1.84 bits per heavy atom. The van der Waals surface area contributed by atoms with Crippen molar-refractivity contribution in [1.29, 1.82) is 0 Å². The summed E-state index contributed by atoms with van der Waals surface area (Å²) in [7, 11) is 0. The van der Waals surface area contributed by atoms with Crippen molar-refractivity contribution in [2.24, 2.45) is 0 Å². The lowest BCUT2D eigenvalue weighted by molar-refractivity contribution is 0.136. The van der Waals surface area contributed by atoms with Gasteiger partial charge in [0.1, 0.15) is 0 Å². The highest BCUT2D eigenvalue weighted by atomic mass is 16.3. The molecule has 1 heterocycles. The van der Waals surface area contributed by atoms with E-state index in [0.29, 0.717) is 18.5 Å². The third kappa shape index (κ3) is 4.13. The fraction of sp³-hybridized carbons (Fsp3) is 0.300. The Morgan fingerprint density at radius 3 is 2.64 bits per heavy atom. The third-order valence-electron chi connectivity index (χ3n) is 4.39. The van der Waals surface area contributed by atoms with E-state index in [-0.39, 0.29) is 11.6 Å². The molecule has 0 spiro atoms. The Labute approximate surface area is 146 Å². The number of nitrogens with zero attached hydrogens (tertiary/aromatic N) is 2. The van der Waals surface area contributed by atoms with Crippen LogP contribution in [0.2, 0.25) is 0 Å². The second kappa shape index (κ2) is 8.05. The minimum atomic E-state index is -0.553. The van der Waals surface area contributed by atoms with Crippen LogP contribution in [0.25, 0.3) is 10.8 Å². The first-order valence-electron chi connectivity index (χ1n) is 8.58. The van der Waals surface area contributed by atoms with Gasteiger partial charge in [-0.15, -0.1) is 0 Å². The van der Waals surface area contributed by atoms with Crippen molar-refractivity contribution in [3.63, 3.8) is 0 Å². The van der Waals surface area contributed by atoms with Gasteiger partial charge in [0.15, 0.2) is 0 Å². The smallest absolute Gasteiger partial charge is 0.274 e. The lowest BCUT2D eigenvalue weighted by Gasteiger charge is -2.20. The predicted molar refractivity (Wildman–Crippen MR) is 99.5 cm³/mol. The summed E-state index contributed by atoms with van der Waals surface area (Å²) in [5.74, 6) is 0. The number of hydrogen-bond acceptors (Lipinski definition) is 4. The van der Waals surface area contributed by atoms with Crippen molar-refractivity contribution >= 4 is 10.8 Å². The third-order valence-corrected chi connectivity index (χ3v) is 4.39. The highest BCUT2D eigenvalue weighted by Crippen LogP contribution is 2.15. The number of nitrogens with one attached hydrogen (secondary N) is 1. The van der Waals surface area contributed by atoms with Crippen LogP contribution in [-0.4, -0.2) is 27.5 Å². The van der Waals surface area contributed by atoms with Gasteiger partial charge >= 0.3 is 0 Å². The monoisotopic (exact) mass is 337 g/mol. The zero-order valence-corrected chi connectivity index (χ0v) is 14.3. The van der Waals surface area contributed by atoms with Crippen LogP contribution >= 0.6 is 0 Å². The number of aliphatic hydroxyl groups excluding tert-OH is 1. The van der Waals surface area contributed by atoms with Gasteiger partial charge in [-0.1, -0.05) is 48.5 Å². The van der Waals surface area contributed by atoms with Crippen LogP contribution in [0.4, 0.5) is 0 Å². The van der Waals surface area contributed by atoms with E-state index in [0.717, 1.165) is 17.4 Å². The molecule has 5 nitrogen and oxygen atoms in total. The number of aryl methyl sites for hydroxylation is 1. The van der Waals surface area contributed by atoms with E-state index in [9.17, 15) is 9.90 Å². The Hall–Kier alpha value is -2.50. The summed E-state index contributed by atoms with van der Waals surface area (Å²) in [6.45, 7) is 3.20. The van der Waals surface area contributed by atoms with Gasteiger partial charge in [0.2, 0.25) is 0 Å². The molecule has 0 bridgehead atoms. The van der Waals surface area contributed by atoms with Crippen LogP contribution in [0.5, 0.6) is 0 Å². The molecule has 2 unspecified atom stereocenters. The van der Waals surface area contributed by atoms with Crippen LogP contribution < -0.4 is 10.9 Å². The molecular weight excluding hydrogens is 314 g/mol. The van der Waals surface area contributed by atoms with Crippen LogP contribution in [0.1, 0.15) is 25.0 Å². The minimum absolute atomic E-state index is 0.0598. The second-order valence-electron chi connectivity index (χ2n) is 6.21. The molecule has 1 aromatic heterocycles. The normalized spacial score (nSPS) is 13.7. The summed E-state index contributed by atoms with van der Waals surface area (Å²) < 4.78 is 1.50. The first kappa shape index (κ1) is 17.3. The van der Waals surface area contributed by atoms with Crippen LogP contribution in [0.3, 0.4) is 0 Å². The highest BCUT2D eigenvalue weighted by Gasteiger charge is 2.15. The summed E-state index contributed by atoms with van der Waals surface area (Å²) in [6.07, 6.45) is 1.94. The molecule has 2 N–H and O–H groups in total. The van der Waals surface area contributed by atoms with Crippen molar-refractivity contribution in [3.8, 4) is 0 Å². The average Bonchev–Trinajstić information content (AvgIpc) is 2.67. The average molecular weight is 337 g/mol. The molecule has 5 heteroatoms. The van der Waals surface area contributed by atoms with E-state index < -0.39 is 6.10 Å².